The second-order valence-corrected chi connectivity index (χ2v) is 7.24. The number of imidazole rings is 1. The summed E-state index contributed by atoms with van der Waals surface area (Å²) in [6.45, 7) is -0.0237. The van der Waals surface area contributed by atoms with Crippen molar-refractivity contribution >= 4 is 27.9 Å². The van der Waals surface area contributed by atoms with Crippen LogP contribution in [0.2, 0.25) is 0 Å². The van der Waals surface area contributed by atoms with Crippen LogP contribution in [0.3, 0.4) is 0 Å². The van der Waals surface area contributed by atoms with Gasteiger partial charge in [-0.1, -0.05) is 6.07 Å². The molecular formula is C20H16N4OS. The second kappa shape index (κ2) is 5.79. The number of rotatable bonds is 3. The summed E-state index contributed by atoms with van der Waals surface area (Å²) < 4.78 is 4.14. The van der Waals surface area contributed by atoms with Crippen molar-refractivity contribution in [1.29, 1.82) is 0 Å². The number of thiazole rings is 1. The first kappa shape index (κ1) is 15.3. The third-order valence-corrected chi connectivity index (χ3v) is 5.45. The van der Waals surface area contributed by atoms with E-state index in [1.54, 1.807) is 0 Å². The van der Waals surface area contributed by atoms with Crippen molar-refractivity contribution in [1.82, 2.24) is 18.9 Å². The van der Waals surface area contributed by atoms with Crippen LogP contribution in [0, 0.1) is 0 Å². The van der Waals surface area contributed by atoms with Crippen molar-refractivity contribution in [2.45, 2.75) is 6.61 Å². The molecule has 0 amide bonds. The molecule has 0 aliphatic rings. The molecule has 4 heterocycles. The molecule has 5 rings (SSSR count). The highest BCUT2D eigenvalue weighted by Crippen LogP contribution is 2.27. The first-order valence-corrected chi connectivity index (χ1v) is 9.19. The molecule has 0 unspecified atom stereocenters. The molecule has 4 aromatic heterocycles. The molecule has 0 radical (unpaired) electrons. The maximum Gasteiger partial charge on any atom is 0.137 e. The molecule has 0 saturated heterocycles. The highest BCUT2D eigenvalue weighted by Gasteiger charge is 2.09. The summed E-state index contributed by atoms with van der Waals surface area (Å²) in [7, 11) is 2.05. The topological polar surface area (TPSA) is 55.4 Å². The lowest BCUT2D eigenvalue weighted by molar-refractivity contribution is 0.281. The summed E-state index contributed by atoms with van der Waals surface area (Å²) in [5, 5.41) is 13.1. The van der Waals surface area contributed by atoms with Crippen molar-refractivity contribution in [3.63, 3.8) is 0 Å². The Morgan fingerprint density at radius 1 is 1.00 bits per heavy atom. The Labute approximate surface area is 153 Å². The first-order chi connectivity index (χ1) is 12.7. The van der Waals surface area contributed by atoms with Crippen LogP contribution in [-0.4, -0.2) is 24.0 Å². The molecule has 5 aromatic rings. The minimum atomic E-state index is -0.0237. The summed E-state index contributed by atoms with van der Waals surface area (Å²) in [6.07, 6.45) is 6.14. The molecular weight excluding hydrogens is 344 g/mol. The van der Waals surface area contributed by atoms with Gasteiger partial charge in [0.15, 0.2) is 0 Å². The summed E-state index contributed by atoms with van der Waals surface area (Å²) in [4.78, 5) is 9.19. The summed E-state index contributed by atoms with van der Waals surface area (Å²) >= 11 is 1.47. The number of hydrogen-bond donors (Lipinski definition) is 1. The maximum absolute atomic E-state index is 9.21. The molecule has 0 spiro atoms. The van der Waals surface area contributed by atoms with E-state index in [1.807, 2.05) is 34.3 Å². The first-order valence-electron chi connectivity index (χ1n) is 8.31. The van der Waals surface area contributed by atoms with Gasteiger partial charge in [0.2, 0.25) is 0 Å². The van der Waals surface area contributed by atoms with Crippen LogP contribution >= 0.6 is 11.3 Å². The molecule has 0 atom stereocenters. The number of fused-ring (bicyclic) bond motifs is 2. The summed E-state index contributed by atoms with van der Waals surface area (Å²) in [5.41, 5.74) is 6.04. The molecule has 0 fully saturated rings. The molecule has 6 heteroatoms. The average molecular weight is 360 g/mol. The number of aliphatic hydroxyl groups excluding tert-OH is 1. The minimum absolute atomic E-state index is 0.0237. The Kier molecular flexibility index (Phi) is 3.41. The monoisotopic (exact) mass is 360 g/mol. The van der Waals surface area contributed by atoms with Crippen LogP contribution in [0.4, 0.5) is 0 Å². The Hall–Kier alpha value is -2.96. The number of aryl methyl sites for hydroxylation is 1. The van der Waals surface area contributed by atoms with Crippen molar-refractivity contribution in [2.75, 3.05) is 0 Å². The van der Waals surface area contributed by atoms with Gasteiger partial charge in [0.1, 0.15) is 10.7 Å². The van der Waals surface area contributed by atoms with Gasteiger partial charge < -0.3 is 14.1 Å². The minimum Gasteiger partial charge on any atom is -0.389 e. The van der Waals surface area contributed by atoms with E-state index >= 15 is 0 Å². The van der Waals surface area contributed by atoms with Gasteiger partial charge in [-0.3, -0.25) is 0 Å². The lowest BCUT2D eigenvalue weighted by atomic mass is 10.1. The molecule has 0 aliphatic heterocycles. The van der Waals surface area contributed by atoms with Gasteiger partial charge in [-0.05, 0) is 30.3 Å². The summed E-state index contributed by atoms with van der Waals surface area (Å²) in [5.74, 6) is 0. The van der Waals surface area contributed by atoms with Gasteiger partial charge in [0, 0.05) is 53.0 Å². The molecule has 0 saturated carbocycles. The number of benzene rings is 1. The molecule has 0 bridgehead atoms. The SMILES string of the molecule is Cn1ccc2cc(-c3cn4cc(-c5csc(CO)n5)ccc4n3)ccc21. The van der Waals surface area contributed by atoms with Crippen LogP contribution in [0.5, 0.6) is 0 Å². The van der Waals surface area contributed by atoms with Gasteiger partial charge in [-0.25, -0.2) is 9.97 Å². The highest BCUT2D eigenvalue weighted by molar-refractivity contribution is 7.09. The number of hydrogen-bond acceptors (Lipinski definition) is 4. The van der Waals surface area contributed by atoms with E-state index < -0.39 is 0 Å². The molecule has 128 valence electrons. The van der Waals surface area contributed by atoms with E-state index in [0.717, 1.165) is 33.2 Å². The predicted octanol–water partition coefficient (Wildman–Crippen LogP) is 4.11. The fourth-order valence-electron chi connectivity index (χ4n) is 3.24. The standard InChI is InChI=1S/C20H16N4OS/c1-23-7-6-14-8-13(2-4-18(14)23)16-10-24-9-15(3-5-19(24)21-16)17-12-26-20(11-25)22-17/h2-10,12,25H,11H2,1H3. The van der Waals surface area contributed by atoms with Gasteiger partial charge in [0.25, 0.3) is 0 Å². The number of aliphatic hydroxyl groups is 1. The van der Waals surface area contributed by atoms with E-state index in [1.165, 1.54) is 22.2 Å². The van der Waals surface area contributed by atoms with Crippen LogP contribution in [0.25, 0.3) is 39.1 Å². The van der Waals surface area contributed by atoms with E-state index in [9.17, 15) is 5.11 Å². The van der Waals surface area contributed by atoms with Gasteiger partial charge in [-0.15, -0.1) is 11.3 Å². The Morgan fingerprint density at radius 3 is 2.73 bits per heavy atom. The largest absolute Gasteiger partial charge is 0.389 e. The van der Waals surface area contributed by atoms with Gasteiger partial charge >= 0.3 is 0 Å². The van der Waals surface area contributed by atoms with E-state index in [-0.39, 0.29) is 6.61 Å². The summed E-state index contributed by atoms with van der Waals surface area (Å²) in [6, 6.07) is 12.5. The van der Waals surface area contributed by atoms with Crippen molar-refractivity contribution in [3.05, 3.63) is 65.4 Å². The Bertz CT molecular complexity index is 1250. The third kappa shape index (κ3) is 2.42. The fourth-order valence-corrected chi connectivity index (χ4v) is 3.90. The molecule has 5 nitrogen and oxygen atoms in total. The Balaban J connectivity index is 1.58. The van der Waals surface area contributed by atoms with Crippen molar-refractivity contribution in [2.24, 2.45) is 7.05 Å². The third-order valence-electron chi connectivity index (χ3n) is 4.61. The molecule has 1 N–H and O–H groups in total. The van der Waals surface area contributed by atoms with Gasteiger partial charge in [0.05, 0.1) is 18.0 Å². The van der Waals surface area contributed by atoms with Crippen molar-refractivity contribution < 1.29 is 5.11 Å². The van der Waals surface area contributed by atoms with Crippen LogP contribution in [-0.2, 0) is 13.7 Å². The molecule has 26 heavy (non-hydrogen) atoms. The van der Waals surface area contributed by atoms with Crippen LogP contribution in [0.1, 0.15) is 5.01 Å². The number of nitrogens with zero attached hydrogens (tertiary/aromatic N) is 4. The highest BCUT2D eigenvalue weighted by atomic mass is 32.1. The fraction of sp³-hybridized carbons (Fsp3) is 0.100. The van der Waals surface area contributed by atoms with E-state index in [0.29, 0.717) is 0 Å². The zero-order chi connectivity index (χ0) is 17.7. The Morgan fingerprint density at radius 2 is 1.88 bits per heavy atom. The van der Waals surface area contributed by atoms with Gasteiger partial charge in [-0.2, -0.15) is 0 Å². The normalized spacial score (nSPS) is 11.6. The average Bonchev–Trinajstić information content (AvgIpc) is 3.39. The molecule has 1 aromatic carbocycles. The lowest BCUT2D eigenvalue weighted by Gasteiger charge is -1.99. The number of aromatic nitrogens is 4. The van der Waals surface area contributed by atoms with Crippen LogP contribution < -0.4 is 0 Å². The van der Waals surface area contributed by atoms with E-state index in [2.05, 4.69) is 47.1 Å². The van der Waals surface area contributed by atoms with Crippen LogP contribution in [0.15, 0.2) is 60.4 Å². The quantitative estimate of drug-likeness (QED) is 0.527. The zero-order valence-electron chi connectivity index (χ0n) is 14.1. The molecule has 0 aliphatic carbocycles. The smallest absolute Gasteiger partial charge is 0.137 e. The van der Waals surface area contributed by atoms with E-state index in [4.69, 9.17) is 4.98 Å². The maximum atomic E-state index is 9.21. The zero-order valence-corrected chi connectivity index (χ0v) is 14.9. The number of pyridine rings is 1. The van der Waals surface area contributed by atoms with Crippen molar-refractivity contribution in [3.8, 4) is 22.5 Å². The predicted molar refractivity (Wildman–Crippen MR) is 104 cm³/mol. The lowest BCUT2D eigenvalue weighted by Crippen LogP contribution is -1.86. The second-order valence-electron chi connectivity index (χ2n) is 6.29.